The maximum atomic E-state index is 10.0. The Morgan fingerprint density at radius 3 is 2.22 bits per heavy atom. The lowest BCUT2D eigenvalue weighted by Crippen LogP contribution is -1.90. The van der Waals surface area contributed by atoms with Gasteiger partial charge in [-0.1, -0.05) is 36.4 Å². The van der Waals surface area contributed by atoms with Crippen molar-refractivity contribution in [2.75, 3.05) is 14.2 Å². The fourth-order valence-electron chi connectivity index (χ4n) is 1.36. The molecule has 0 saturated heterocycles. The molecule has 1 aromatic carbocycles. The Morgan fingerprint density at radius 2 is 1.56 bits per heavy atom. The number of aldehydes is 1. The number of hydrogen-bond donors (Lipinski definition) is 0. The van der Waals surface area contributed by atoms with Crippen LogP contribution in [0.2, 0.25) is 0 Å². The normalized spacial score (nSPS) is 11.4. The van der Waals surface area contributed by atoms with E-state index in [1.807, 2.05) is 36.4 Å². The lowest BCUT2D eigenvalue weighted by molar-refractivity contribution is -0.104. The highest BCUT2D eigenvalue weighted by Gasteiger charge is 2.01. The Morgan fingerprint density at radius 1 is 0.889 bits per heavy atom. The molecular weight excluding hydrogens is 228 g/mol. The molecule has 0 aromatic heterocycles. The van der Waals surface area contributed by atoms with Crippen molar-refractivity contribution in [3.63, 3.8) is 0 Å². The van der Waals surface area contributed by atoms with Gasteiger partial charge in [0.1, 0.15) is 6.29 Å². The zero-order valence-electron chi connectivity index (χ0n) is 10.5. The van der Waals surface area contributed by atoms with E-state index in [4.69, 9.17) is 9.47 Å². The average Bonchev–Trinajstić information content (AvgIpc) is 2.42. The number of allylic oxidation sites excluding steroid dienone is 5. The molecule has 0 aliphatic heterocycles. The largest absolute Gasteiger partial charge is 0.493 e. The number of carbonyl (C=O) groups excluding carboxylic acids is 1. The topological polar surface area (TPSA) is 35.5 Å². The summed E-state index contributed by atoms with van der Waals surface area (Å²) in [6.45, 7) is 0. The average molecular weight is 244 g/mol. The van der Waals surface area contributed by atoms with Crippen LogP contribution in [0.5, 0.6) is 11.5 Å². The van der Waals surface area contributed by atoms with E-state index < -0.39 is 0 Å². The predicted molar refractivity (Wildman–Crippen MR) is 72.9 cm³/mol. The van der Waals surface area contributed by atoms with E-state index in [0.717, 1.165) is 11.8 Å². The number of rotatable bonds is 6. The summed E-state index contributed by atoms with van der Waals surface area (Å²) in [5.41, 5.74) is 1.01. The van der Waals surface area contributed by atoms with E-state index in [0.29, 0.717) is 11.5 Å². The summed E-state index contributed by atoms with van der Waals surface area (Å²) in [5.74, 6) is 1.41. The summed E-state index contributed by atoms with van der Waals surface area (Å²) in [4.78, 5) is 10.0. The number of benzene rings is 1. The standard InChI is InChI=1S/C15H16O3/c1-17-14-10-9-13(12-15(14)18-2)8-6-4-3-5-7-11-16/h3-12H,1-2H3/b4-3+,7-5+,8-6+. The van der Waals surface area contributed by atoms with Crippen LogP contribution in [0.1, 0.15) is 5.56 Å². The van der Waals surface area contributed by atoms with E-state index in [2.05, 4.69) is 0 Å². The lowest BCUT2D eigenvalue weighted by Gasteiger charge is -2.07. The van der Waals surface area contributed by atoms with E-state index in [1.165, 1.54) is 6.08 Å². The minimum atomic E-state index is 0.699. The van der Waals surface area contributed by atoms with Gasteiger partial charge in [0, 0.05) is 0 Å². The van der Waals surface area contributed by atoms with E-state index in [9.17, 15) is 4.79 Å². The van der Waals surface area contributed by atoms with Gasteiger partial charge in [-0.3, -0.25) is 4.79 Å². The van der Waals surface area contributed by atoms with Crippen LogP contribution in [-0.2, 0) is 4.79 Å². The van der Waals surface area contributed by atoms with Crippen molar-refractivity contribution in [1.82, 2.24) is 0 Å². The van der Waals surface area contributed by atoms with Crippen LogP contribution in [-0.4, -0.2) is 20.5 Å². The van der Waals surface area contributed by atoms with Crippen molar-refractivity contribution in [2.24, 2.45) is 0 Å². The quantitative estimate of drug-likeness (QED) is 0.438. The van der Waals surface area contributed by atoms with Crippen LogP contribution in [0.25, 0.3) is 6.08 Å². The van der Waals surface area contributed by atoms with E-state index in [-0.39, 0.29) is 0 Å². The molecule has 0 radical (unpaired) electrons. The van der Waals surface area contributed by atoms with Crippen LogP contribution < -0.4 is 9.47 Å². The molecule has 94 valence electrons. The lowest BCUT2D eigenvalue weighted by atomic mass is 10.2. The zero-order chi connectivity index (χ0) is 13.2. The van der Waals surface area contributed by atoms with Crippen LogP contribution in [0.3, 0.4) is 0 Å². The maximum absolute atomic E-state index is 10.0. The van der Waals surface area contributed by atoms with Crippen molar-refractivity contribution in [3.05, 3.63) is 54.1 Å². The smallest absolute Gasteiger partial charge is 0.161 e. The van der Waals surface area contributed by atoms with Crippen LogP contribution >= 0.6 is 0 Å². The number of methoxy groups -OCH3 is 2. The van der Waals surface area contributed by atoms with Crippen molar-refractivity contribution in [3.8, 4) is 11.5 Å². The summed E-state index contributed by atoms with van der Waals surface area (Å²) in [7, 11) is 3.21. The number of hydrogen-bond acceptors (Lipinski definition) is 3. The Labute approximate surface area is 107 Å². The highest BCUT2D eigenvalue weighted by molar-refractivity contribution is 5.65. The second-order valence-electron chi connectivity index (χ2n) is 3.38. The SMILES string of the molecule is COc1ccc(/C=C/C=C/C=C/C=O)cc1OC. The summed E-state index contributed by atoms with van der Waals surface area (Å²) in [6.07, 6.45) is 11.3. The molecule has 0 unspecified atom stereocenters. The summed E-state index contributed by atoms with van der Waals surface area (Å²) < 4.78 is 10.4. The monoisotopic (exact) mass is 244 g/mol. The van der Waals surface area contributed by atoms with Gasteiger partial charge in [0.15, 0.2) is 11.5 Å². The minimum Gasteiger partial charge on any atom is -0.493 e. The Bertz CT molecular complexity index is 471. The van der Waals surface area contributed by atoms with Gasteiger partial charge in [0.25, 0.3) is 0 Å². The molecule has 3 heteroatoms. The molecule has 1 aromatic rings. The van der Waals surface area contributed by atoms with Crippen LogP contribution in [0, 0.1) is 0 Å². The van der Waals surface area contributed by atoms with Crippen molar-refractivity contribution < 1.29 is 14.3 Å². The summed E-state index contributed by atoms with van der Waals surface area (Å²) in [6, 6.07) is 5.69. The molecule has 0 amide bonds. The molecule has 0 aliphatic carbocycles. The third kappa shape index (κ3) is 4.29. The van der Waals surface area contributed by atoms with E-state index >= 15 is 0 Å². The van der Waals surface area contributed by atoms with Crippen LogP contribution in [0.4, 0.5) is 0 Å². The number of ether oxygens (including phenoxy) is 2. The number of carbonyl (C=O) groups is 1. The molecule has 0 fully saturated rings. The molecule has 0 aliphatic rings. The fraction of sp³-hybridized carbons (Fsp3) is 0.133. The molecular formula is C15H16O3. The molecule has 0 bridgehead atoms. The summed E-state index contributed by atoms with van der Waals surface area (Å²) >= 11 is 0. The second kappa shape index (κ2) is 7.90. The van der Waals surface area contributed by atoms with Gasteiger partial charge < -0.3 is 9.47 Å². The zero-order valence-corrected chi connectivity index (χ0v) is 10.5. The molecule has 0 spiro atoms. The molecule has 1 rings (SSSR count). The van der Waals surface area contributed by atoms with Gasteiger partial charge in [0.05, 0.1) is 14.2 Å². The van der Waals surface area contributed by atoms with Gasteiger partial charge in [-0.05, 0) is 23.8 Å². The fourth-order valence-corrected chi connectivity index (χ4v) is 1.36. The molecule has 0 saturated carbocycles. The van der Waals surface area contributed by atoms with Crippen molar-refractivity contribution >= 4 is 12.4 Å². The maximum Gasteiger partial charge on any atom is 0.161 e. The Balaban J connectivity index is 2.73. The van der Waals surface area contributed by atoms with Gasteiger partial charge in [-0.2, -0.15) is 0 Å². The third-order valence-corrected chi connectivity index (χ3v) is 2.22. The highest BCUT2D eigenvalue weighted by Crippen LogP contribution is 2.27. The van der Waals surface area contributed by atoms with Crippen molar-refractivity contribution in [2.45, 2.75) is 0 Å². The first-order valence-corrected chi connectivity index (χ1v) is 5.49. The first kappa shape index (κ1) is 13.8. The van der Waals surface area contributed by atoms with E-state index in [1.54, 1.807) is 26.4 Å². The molecule has 3 nitrogen and oxygen atoms in total. The Hall–Kier alpha value is -2.29. The minimum absolute atomic E-state index is 0.699. The molecule has 0 atom stereocenters. The molecule has 0 N–H and O–H groups in total. The van der Waals surface area contributed by atoms with Crippen LogP contribution in [0.15, 0.2) is 48.6 Å². The Kier molecular flexibility index (Phi) is 6.04. The van der Waals surface area contributed by atoms with Gasteiger partial charge >= 0.3 is 0 Å². The molecule has 18 heavy (non-hydrogen) atoms. The highest BCUT2D eigenvalue weighted by atomic mass is 16.5. The van der Waals surface area contributed by atoms with Crippen molar-refractivity contribution in [1.29, 1.82) is 0 Å². The second-order valence-corrected chi connectivity index (χ2v) is 3.38. The van der Waals surface area contributed by atoms with Gasteiger partial charge in [-0.15, -0.1) is 0 Å². The first-order chi connectivity index (χ1) is 8.81. The first-order valence-electron chi connectivity index (χ1n) is 5.49. The summed E-state index contributed by atoms with van der Waals surface area (Å²) in [5, 5.41) is 0. The van der Waals surface area contributed by atoms with Gasteiger partial charge in [-0.25, -0.2) is 0 Å². The molecule has 0 heterocycles. The third-order valence-electron chi connectivity index (χ3n) is 2.22. The predicted octanol–water partition coefficient (Wildman–Crippen LogP) is 3.03. The van der Waals surface area contributed by atoms with Gasteiger partial charge in [0.2, 0.25) is 0 Å².